The van der Waals surface area contributed by atoms with Crippen LogP contribution in [-0.4, -0.2) is 12.1 Å². The molecule has 1 fully saturated rings. The number of methoxy groups -OCH3 is 1. The van der Waals surface area contributed by atoms with Crippen molar-refractivity contribution in [3.8, 4) is 5.88 Å². The smallest absolute Gasteiger partial charge is 0.216 e. The fourth-order valence-corrected chi connectivity index (χ4v) is 4.04. The van der Waals surface area contributed by atoms with E-state index >= 15 is 0 Å². The second-order valence-corrected chi connectivity index (χ2v) is 6.29. The maximum atomic E-state index is 6.06. The molecule has 1 heterocycles. The average molecular weight is 301 g/mol. The number of nitrogens with one attached hydrogen (secondary N) is 1. The van der Waals surface area contributed by atoms with Crippen molar-refractivity contribution >= 4 is 23.0 Å². The summed E-state index contributed by atoms with van der Waals surface area (Å²) in [5, 5.41) is 4.21. The van der Waals surface area contributed by atoms with Gasteiger partial charge in [0.2, 0.25) is 5.88 Å². The highest BCUT2D eigenvalue weighted by Gasteiger charge is 2.41. The molecular weight excluding hydrogens is 284 g/mol. The molecule has 0 saturated heterocycles. The monoisotopic (exact) mass is 300 g/mol. The van der Waals surface area contributed by atoms with Crippen molar-refractivity contribution in [3.63, 3.8) is 0 Å². The topological polar surface area (TPSA) is 34.1 Å². The molecule has 2 aliphatic rings. The Morgan fingerprint density at radius 1 is 1.24 bits per heavy atom. The molecule has 3 nitrogen and oxygen atoms in total. The number of aromatic nitrogens is 1. The van der Waals surface area contributed by atoms with Crippen LogP contribution < -0.4 is 10.1 Å². The lowest BCUT2D eigenvalue weighted by molar-refractivity contribution is 0.388. The summed E-state index contributed by atoms with van der Waals surface area (Å²) in [5.74, 6) is 2.06. The Morgan fingerprint density at radius 2 is 2.05 bits per heavy atom. The Hall–Kier alpha value is -1.74. The van der Waals surface area contributed by atoms with Gasteiger partial charge in [0, 0.05) is 16.3 Å². The van der Waals surface area contributed by atoms with Gasteiger partial charge in [0.15, 0.2) is 0 Å². The molecule has 2 unspecified atom stereocenters. The number of pyridine rings is 1. The molecule has 1 N–H and O–H groups in total. The first kappa shape index (κ1) is 13.0. The number of hydrogen-bond acceptors (Lipinski definition) is 3. The lowest BCUT2D eigenvalue weighted by atomic mass is 9.91. The Bertz CT molecular complexity index is 701. The van der Waals surface area contributed by atoms with Crippen molar-refractivity contribution in [1.29, 1.82) is 0 Å². The van der Waals surface area contributed by atoms with Crippen LogP contribution >= 0.6 is 11.6 Å². The molecule has 0 aliphatic heterocycles. The number of anilines is 2. The second-order valence-electron chi connectivity index (χ2n) is 5.85. The summed E-state index contributed by atoms with van der Waals surface area (Å²) in [6.07, 6.45) is 5.66. The molecule has 1 aromatic carbocycles. The second kappa shape index (κ2) is 4.92. The minimum atomic E-state index is 0.619. The van der Waals surface area contributed by atoms with Crippen LogP contribution in [0.1, 0.15) is 42.2 Å². The molecule has 4 rings (SSSR count). The quantitative estimate of drug-likeness (QED) is 0.879. The first-order chi connectivity index (χ1) is 10.3. The molecule has 0 radical (unpaired) electrons. The Labute approximate surface area is 129 Å². The zero-order valence-electron chi connectivity index (χ0n) is 11.9. The maximum absolute atomic E-state index is 6.06. The van der Waals surface area contributed by atoms with E-state index in [2.05, 4.69) is 10.3 Å². The highest BCUT2D eigenvalue weighted by Crippen LogP contribution is 2.57. The minimum Gasteiger partial charge on any atom is -0.481 e. The predicted molar refractivity (Wildman–Crippen MR) is 84.9 cm³/mol. The Morgan fingerprint density at radius 3 is 2.81 bits per heavy atom. The van der Waals surface area contributed by atoms with Crippen LogP contribution in [0.5, 0.6) is 5.88 Å². The molecule has 2 aliphatic carbocycles. The SMILES string of the molecule is COc1ncc(Nc2cccc(Cl)c2)c2c1C1CCC2C1. The molecule has 21 heavy (non-hydrogen) atoms. The van der Waals surface area contributed by atoms with Gasteiger partial charge in [-0.15, -0.1) is 0 Å². The molecular formula is C17H17ClN2O. The van der Waals surface area contributed by atoms with E-state index in [0.717, 1.165) is 22.3 Å². The molecule has 1 saturated carbocycles. The van der Waals surface area contributed by atoms with E-state index < -0.39 is 0 Å². The highest BCUT2D eigenvalue weighted by atomic mass is 35.5. The molecule has 108 valence electrons. The summed E-state index contributed by atoms with van der Waals surface area (Å²) >= 11 is 6.06. The van der Waals surface area contributed by atoms with Crippen molar-refractivity contribution in [2.24, 2.45) is 0 Å². The molecule has 1 aromatic heterocycles. The van der Waals surface area contributed by atoms with E-state index in [1.54, 1.807) is 7.11 Å². The lowest BCUT2D eigenvalue weighted by Gasteiger charge is -2.21. The van der Waals surface area contributed by atoms with E-state index in [4.69, 9.17) is 16.3 Å². The van der Waals surface area contributed by atoms with Crippen molar-refractivity contribution in [3.05, 3.63) is 46.6 Å². The standard InChI is InChI=1S/C17H17ClN2O/c1-21-17-16-11-6-5-10(7-11)15(16)14(9-19-17)20-13-4-2-3-12(18)8-13/h2-4,8-11,20H,5-7H2,1H3. The summed E-state index contributed by atoms with van der Waals surface area (Å²) in [5.41, 5.74) is 4.82. The zero-order valence-corrected chi connectivity index (χ0v) is 12.7. The van der Waals surface area contributed by atoms with E-state index in [1.807, 2.05) is 30.5 Å². The van der Waals surface area contributed by atoms with Crippen LogP contribution in [-0.2, 0) is 0 Å². The summed E-state index contributed by atoms with van der Waals surface area (Å²) in [6, 6.07) is 7.79. The fraction of sp³-hybridized carbons (Fsp3) is 0.353. The number of nitrogens with zero attached hydrogens (tertiary/aromatic N) is 1. The van der Waals surface area contributed by atoms with Crippen LogP contribution in [0.4, 0.5) is 11.4 Å². The summed E-state index contributed by atoms with van der Waals surface area (Å²) in [4.78, 5) is 4.49. The van der Waals surface area contributed by atoms with E-state index in [1.165, 1.54) is 30.4 Å². The van der Waals surface area contributed by atoms with Gasteiger partial charge in [0.05, 0.1) is 19.0 Å². The summed E-state index contributed by atoms with van der Waals surface area (Å²) < 4.78 is 5.47. The molecule has 4 heteroatoms. The van der Waals surface area contributed by atoms with Crippen LogP contribution in [0.3, 0.4) is 0 Å². The van der Waals surface area contributed by atoms with Crippen molar-refractivity contribution in [1.82, 2.24) is 4.98 Å². The number of halogens is 1. The fourth-order valence-electron chi connectivity index (χ4n) is 3.85. The van der Waals surface area contributed by atoms with Gasteiger partial charge in [0.25, 0.3) is 0 Å². The van der Waals surface area contributed by atoms with Gasteiger partial charge < -0.3 is 10.1 Å². The van der Waals surface area contributed by atoms with Crippen molar-refractivity contribution < 1.29 is 4.74 Å². The Kier molecular flexibility index (Phi) is 3.03. The first-order valence-corrected chi connectivity index (χ1v) is 7.73. The molecule has 2 atom stereocenters. The third kappa shape index (κ3) is 2.07. The van der Waals surface area contributed by atoms with Gasteiger partial charge in [-0.05, 0) is 54.9 Å². The molecule has 2 aromatic rings. The van der Waals surface area contributed by atoms with Gasteiger partial charge in [-0.1, -0.05) is 17.7 Å². The van der Waals surface area contributed by atoms with Crippen LogP contribution in [0.25, 0.3) is 0 Å². The highest BCUT2D eigenvalue weighted by molar-refractivity contribution is 6.30. The number of rotatable bonds is 3. The van der Waals surface area contributed by atoms with Gasteiger partial charge in [-0.2, -0.15) is 0 Å². The predicted octanol–water partition coefficient (Wildman–Crippen LogP) is 4.85. The van der Waals surface area contributed by atoms with Crippen molar-refractivity contribution in [2.45, 2.75) is 31.1 Å². The van der Waals surface area contributed by atoms with Crippen LogP contribution in [0.15, 0.2) is 30.5 Å². The van der Waals surface area contributed by atoms with Gasteiger partial charge in [-0.25, -0.2) is 4.98 Å². The van der Waals surface area contributed by atoms with Gasteiger partial charge >= 0.3 is 0 Å². The van der Waals surface area contributed by atoms with Crippen LogP contribution in [0.2, 0.25) is 5.02 Å². The third-order valence-electron chi connectivity index (χ3n) is 4.67. The first-order valence-electron chi connectivity index (χ1n) is 7.35. The van der Waals surface area contributed by atoms with E-state index in [-0.39, 0.29) is 0 Å². The van der Waals surface area contributed by atoms with Crippen molar-refractivity contribution in [2.75, 3.05) is 12.4 Å². The number of ether oxygens (including phenoxy) is 1. The number of benzene rings is 1. The largest absolute Gasteiger partial charge is 0.481 e. The van der Waals surface area contributed by atoms with E-state index in [0.29, 0.717) is 11.8 Å². The average Bonchev–Trinajstić information content (AvgIpc) is 3.09. The van der Waals surface area contributed by atoms with Crippen LogP contribution in [0, 0.1) is 0 Å². The summed E-state index contributed by atoms with van der Waals surface area (Å²) in [6.45, 7) is 0. The maximum Gasteiger partial charge on any atom is 0.216 e. The minimum absolute atomic E-state index is 0.619. The Balaban J connectivity index is 1.77. The van der Waals surface area contributed by atoms with Gasteiger partial charge in [-0.3, -0.25) is 0 Å². The molecule has 2 bridgehead atoms. The molecule has 0 amide bonds. The zero-order chi connectivity index (χ0) is 14.4. The van der Waals surface area contributed by atoms with E-state index in [9.17, 15) is 0 Å². The summed E-state index contributed by atoms with van der Waals surface area (Å²) in [7, 11) is 1.71. The third-order valence-corrected chi connectivity index (χ3v) is 4.90. The molecule has 0 spiro atoms. The normalized spacial score (nSPS) is 22.2. The number of fused-ring (bicyclic) bond motifs is 5. The number of hydrogen-bond donors (Lipinski definition) is 1. The lowest BCUT2D eigenvalue weighted by Crippen LogP contribution is -2.06. The van der Waals surface area contributed by atoms with Gasteiger partial charge in [0.1, 0.15) is 0 Å².